The van der Waals surface area contributed by atoms with Gasteiger partial charge in [0.2, 0.25) is 5.88 Å². The second-order valence-corrected chi connectivity index (χ2v) is 22.9. The smallest absolute Gasteiger partial charge is 0.319 e. The number of carbonyl (C=O) groups is 1. The highest BCUT2D eigenvalue weighted by Gasteiger charge is 2.51. The summed E-state index contributed by atoms with van der Waals surface area (Å²) in [7, 11) is -1.21. The zero-order valence-corrected chi connectivity index (χ0v) is 30.0. The van der Waals surface area contributed by atoms with Crippen LogP contribution in [0.25, 0.3) is 10.4 Å². The SMILES string of the molecule is CC[Si](CC)(CC)O[C@H]1C[C@@H]2C[C@H]([C@H](O[Si](C)(C)C(C)(C)C)c3cc(OC)nc(OC)n3)NC(=O)N2[C@H](CN=[N+]=[N-])[C@H]1C. The van der Waals surface area contributed by atoms with E-state index in [0.717, 1.165) is 24.6 Å². The summed E-state index contributed by atoms with van der Waals surface area (Å²) < 4.78 is 25.0. The second kappa shape index (κ2) is 14.1. The number of azide groups is 1. The lowest BCUT2D eigenvalue weighted by Gasteiger charge is -2.54. The first-order valence-corrected chi connectivity index (χ1v) is 21.1. The Bertz CT molecular complexity index is 1130. The normalized spacial score (nSPS) is 25.3. The number of hydrogen-bond acceptors (Lipinski definition) is 8. The van der Waals surface area contributed by atoms with Crippen LogP contribution in [-0.4, -0.2) is 82.5 Å². The van der Waals surface area contributed by atoms with E-state index in [9.17, 15) is 10.3 Å². The molecule has 242 valence electrons. The number of nitrogens with zero attached hydrogens (tertiary/aromatic N) is 6. The third-order valence-corrected chi connectivity index (χ3v) is 19.3. The van der Waals surface area contributed by atoms with E-state index in [0.29, 0.717) is 18.0 Å². The van der Waals surface area contributed by atoms with Crippen molar-refractivity contribution in [2.75, 3.05) is 20.8 Å². The summed E-state index contributed by atoms with van der Waals surface area (Å²) in [6.45, 7) is 20.0. The van der Waals surface area contributed by atoms with Crippen molar-refractivity contribution < 1.29 is 23.1 Å². The van der Waals surface area contributed by atoms with E-state index in [2.05, 4.69) is 86.9 Å². The fourth-order valence-electron chi connectivity index (χ4n) is 6.14. The molecule has 14 heteroatoms. The van der Waals surface area contributed by atoms with E-state index in [1.165, 1.54) is 7.11 Å². The van der Waals surface area contributed by atoms with E-state index >= 15 is 0 Å². The monoisotopic (exact) mass is 635 g/mol. The predicted octanol–water partition coefficient (Wildman–Crippen LogP) is 6.82. The number of rotatable bonds is 13. The maximum absolute atomic E-state index is 14.0. The number of piperidine rings is 1. The van der Waals surface area contributed by atoms with Crippen LogP contribution >= 0.6 is 0 Å². The summed E-state index contributed by atoms with van der Waals surface area (Å²) >= 11 is 0. The summed E-state index contributed by atoms with van der Waals surface area (Å²) in [5, 5.41) is 7.11. The van der Waals surface area contributed by atoms with Crippen molar-refractivity contribution >= 4 is 22.7 Å². The van der Waals surface area contributed by atoms with Crippen LogP contribution in [0.15, 0.2) is 11.2 Å². The summed E-state index contributed by atoms with van der Waals surface area (Å²) in [6.07, 6.45) is 0.757. The van der Waals surface area contributed by atoms with Crippen LogP contribution < -0.4 is 14.8 Å². The first-order chi connectivity index (χ1) is 20.2. The van der Waals surface area contributed by atoms with Crippen molar-refractivity contribution in [1.82, 2.24) is 20.2 Å². The Kier molecular flexibility index (Phi) is 11.5. The number of urea groups is 1. The predicted molar refractivity (Wildman–Crippen MR) is 172 cm³/mol. The minimum absolute atomic E-state index is 0.0234. The topological polar surface area (TPSA) is 144 Å². The Morgan fingerprint density at radius 2 is 1.79 bits per heavy atom. The van der Waals surface area contributed by atoms with Gasteiger partial charge in [0.1, 0.15) is 6.10 Å². The minimum Gasteiger partial charge on any atom is -0.481 e. The number of hydrogen-bond donors (Lipinski definition) is 1. The van der Waals surface area contributed by atoms with Gasteiger partial charge in [-0.15, -0.1) is 0 Å². The molecule has 0 aromatic carbocycles. The molecule has 2 aliphatic rings. The van der Waals surface area contributed by atoms with E-state index in [4.69, 9.17) is 18.3 Å². The summed E-state index contributed by atoms with van der Waals surface area (Å²) in [5.74, 6) is 0.388. The quantitative estimate of drug-likeness (QED) is 0.108. The molecule has 0 bridgehead atoms. The third-order valence-electron chi connectivity index (χ3n) is 10.2. The van der Waals surface area contributed by atoms with Crippen molar-refractivity contribution in [3.05, 3.63) is 22.2 Å². The zero-order valence-electron chi connectivity index (χ0n) is 28.0. The average Bonchev–Trinajstić information content (AvgIpc) is 2.97. The molecule has 12 nitrogen and oxygen atoms in total. The van der Waals surface area contributed by atoms with Gasteiger partial charge in [-0.25, -0.2) is 4.79 Å². The van der Waals surface area contributed by atoms with Crippen molar-refractivity contribution in [3.63, 3.8) is 0 Å². The molecule has 1 N–H and O–H groups in total. The van der Waals surface area contributed by atoms with Gasteiger partial charge in [0.15, 0.2) is 16.6 Å². The van der Waals surface area contributed by atoms with E-state index in [1.54, 1.807) is 13.2 Å². The molecular formula is C29H53N7O5Si2. The molecule has 0 unspecified atom stereocenters. The number of carbonyl (C=O) groups excluding carboxylic acids is 1. The molecule has 0 radical (unpaired) electrons. The fourth-order valence-corrected chi connectivity index (χ4v) is 10.4. The number of ether oxygens (including phenoxy) is 2. The van der Waals surface area contributed by atoms with Crippen LogP contribution in [-0.2, 0) is 8.85 Å². The molecule has 0 spiro atoms. The number of methoxy groups -OCH3 is 2. The Hall–Kier alpha value is -2.39. The molecule has 2 aliphatic heterocycles. The number of fused-ring (bicyclic) bond motifs is 1. The molecule has 2 saturated heterocycles. The van der Waals surface area contributed by atoms with Gasteiger partial charge >= 0.3 is 12.0 Å². The first-order valence-electron chi connectivity index (χ1n) is 15.6. The molecule has 0 aliphatic carbocycles. The van der Waals surface area contributed by atoms with Crippen molar-refractivity contribution in [2.45, 2.75) is 128 Å². The Morgan fingerprint density at radius 3 is 2.33 bits per heavy atom. The average molecular weight is 636 g/mol. The molecule has 3 rings (SSSR count). The fraction of sp³-hybridized carbons (Fsp3) is 0.828. The van der Waals surface area contributed by atoms with E-state index < -0.39 is 22.7 Å². The second-order valence-electron chi connectivity index (χ2n) is 13.4. The van der Waals surface area contributed by atoms with Crippen molar-refractivity contribution in [1.29, 1.82) is 0 Å². The highest BCUT2D eigenvalue weighted by atomic mass is 28.4. The van der Waals surface area contributed by atoms with Crippen LogP contribution in [0.1, 0.15) is 73.1 Å². The van der Waals surface area contributed by atoms with Crippen LogP contribution in [0.5, 0.6) is 11.9 Å². The van der Waals surface area contributed by atoms with Crippen LogP contribution in [0.2, 0.25) is 36.3 Å². The van der Waals surface area contributed by atoms with Gasteiger partial charge < -0.3 is 28.5 Å². The van der Waals surface area contributed by atoms with Gasteiger partial charge in [-0.05, 0) is 54.6 Å². The van der Waals surface area contributed by atoms with E-state index in [1.807, 2.05) is 4.90 Å². The molecular weight excluding hydrogens is 583 g/mol. The minimum atomic E-state index is -2.34. The lowest BCUT2D eigenvalue weighted by molar-refractivity contribution is -0.0337. The van der Waals surface area contributed by atoms with Crippen LogP contribution in [0, 0.1) is 5.92 Å². The highest BCUT2D eigenvalue weighted by Crippen LogP contribution is 2.44. The highest BCUT2D eigenvalue weighted by molar-refractivity contribution is 6.74. The molecule has 3 heterocycles. The Labute approximate surface area is 259 Å². The van der Waals surface area contributed by atoms with Crippen molar-refractivity contribution in [2.24, 2.45) is 11.0 Å². The maximum atomic E-state index is 14.0. The first kappa shape index (κ1) is 35.1. The van der Waals surface area contributed by atoms with Gasteiger partial charge in [-0.2, -0.15) is 9.97 Å². The lowest BCUT2D eigenvalue weighted by Crippen LogP contribution is -2.68. The Morgan fingerprint density at radius 1 is 1.14 bits per heavy atom. The summed E-state index contributed by atoms with van der Waals surface area (Å²) in [5.41, 5.74) is 9.78. The maximum Gasteiger partial charge on any atom is 0.319 e. The molecule has 6 atom stereocenters. The number of amides is 2. The molecule has 0 saturated carbocycles. The summed E-state index contributed by atoms with van der Waals surface area (Å²) in [6, 6.07) is 4.13. The molecule has 1 aromatic rings. The molecule has 2 fully saturated rings. The largest absolute Gasteiger partial charge is 0.481 e. The standard InChI is InChI=1S/C29H53N7O5Si2/c1-12-43(13-2,14-3)40-24-16-20-15-21(33-28(37)36(20)23(19(24)4)18-31-35-30)26(41-42(10,11)29(5,6)7)22-17-25(38-8)34-27(32-22)39-9/h17,19-21,23-24,26H,12-16,18H2,1-11H3,(H,33,37)/t19-,20+,21-,23-,24+,26+/m1/s1. The van der Waals surface area contributed by atoms with Gasteiger partial charge in [-0.1, -0.05) is 53.6 Å². The Balaban J connectivity index is 2.06. The number of aromatic nitrogens is 2. The molecule has 43 heavy (non-hydrogen) atoms. The third kappa shape index (κ3) is 7.65. The van der Waals surface area contributed by atoms with Crippen LogP contribution in [0.3, 0.4) is 0 Å². The van der Waals surface area contributed by atoms with Gasteiger partial charge in [0, 0.05) is 35.5 Å². The summed E-state index contributed by atoms with van der Waals surface area (Å²) in [4.78, 5) is 27.9. The van der Waals surface area contributed by atoms with Gasteiger partial charge in [0.05, 0.1) is 32.1 Å². The van der Waals surface area contributed by atoms with Crippen LogP contribution in [0.4, 0.5) is 4.79 Å². The number of nitrogens with one attached hydrogen (secondary N) is 1. The van der Waals surface area contributed by atoms with Gasteiger partial charge in [0.25, 0.3) is 0 Å². The zero-order chi connectivity index (χ0) is 32.2. The van der Waals surface area contributed by atoms with E-state index in [-0.39, 0.29) is 53.8 Å². The molecule has 1 aromatic heterocycles. The van der Waals surface area contributed by atoms with Crippen molar-refractivity contribution in [3.8, 4) is 11.9 Å². The molecule has 2 amide bonds. The lowest BCUT2D eigenvalue weighted by atomic mass is 9.80. The van der Waals surface area contributed by atoms with Gasteiger partial charge in [-0.3, -0.25) is 0 Å².